The van der Waals surface area contributed by atoms with Crippen LogP contribution in [0.15, 0.2) is 36.5 Å². The van der Waals surface area contributed by atoms with Crippen molar-refractivity contribution in [3.05, 3.63) is 52.1 Å². The molecule has 18 heavy (non-hydrogen) atoms. The quantitative estimate of drug-likeness (QED) is 0.747. The number of hydrogen-bond acceptors (Lipinski definition) is 1. The van der Waals surface area contributed by atoms with Gasteiger partial charge in [-0.15, -0.1) is 0 Å². The van der Waals surface area contributed by atoms with Crippen LogP contribution >= 0.6 is 23.2 Å². The monoisotopic (exact) mass is 279 g/mol. The van der Waals surface area contributed by atoms with Crippen LogP contribution in [0.2, 0.25) is 10.0 Å². The van der Waals surface area contributed by atoms with Gasteiger partial charge in [-0.25, -0.2) is 0 Å². The summed E-state index contributed by atoms with van der Waals surface area (Å²) in [6, 6.07) is 9.59. The molecule has 0 fully saturated rings. The molecule has 0 unspecified atom stereocenters. The molecule has 0 bridgehead atoms. The largest absolute Gasteiger partial charge is 0.256 e. The number of aromatic nitrogens is 1. The minimum absolute atomic E-state index is 0.630. The highest BCUT2D eigenvalue weighted by Gasteiger charge is 2.04. The van der Waals surface area contributed by atoms with Gasteiger partial charge >= 0.3 is 0 Å². The Morgan fingerprint density at radius 2 is 1.72 bits per heavy atom. The molecule has 1 heterocycles. The van der Waals surface area contributed by atoms with Gasteiger partial charge < -0.3 is 0 Å². The van der Waals surface area contributed by atoms with Gasteiger partial charge in [0.2, 0.25) is 0 Å². The maximum absolute atomic E-state index is 5.99. The molecular weight excluding hydrogens is 265 g/mol. The molecule has 2 rings (SSSR count). The van der Waals surface area contributed by atoms with Crippen LogP contribution in [0.1, 0.15) is 19.4 Å². The van der Waals surface area contributed by atoms with Crippen LogP contribution in [0.5, 0.6) is 0 Å². The predicted molar refractivity (Wildman–Crippen MR) is 78.2 cm³/mol. The lowest BCUT2D eigenvalue weighted by Gasteiger charge is -2.06. The fourth-order valence-electron chi connectivity index (χ4n) is 1.89. The summed E-state index contributed by atoms with van der Waals surface area (Å²) in [5.74, 6) is 0.637. The first kappa shape index (κ1) is 13.4. The number of benzene rings is 1. The lowest BCUT2D eigenvalue weighted by atomic mass is 10.0. The Balaban J connectivity index is 2.28. The summed E-state index contributed by atoms with van der Waals surface area (Å²) in [5, 5.41) is 1.26. The van der Waals surface area contributed by atoms with Gasteiger partial charge in [-0.2, -0.15) is 0 Å². The summed E-state index contributed by atoms with van der Waals surface area (Å²) >= 11 is 12.0. The molecule has 0 aliphatic heterocycles. The van der Waals surface area contributed by atoms with E-state index in [1.54, 1.807) is 6.07 Å². The van der Waals surface area contributed by atoms with E-state index in [2.05, 4.69) is 24.9 Å². The van der Waals surface area contributed by atoms with E-state index in [1.165, 1.54) is 5.56 Å². The van der Waals surface area contributed by atoms with Gasteiger partial charge in [0.1, 0.15) is 0 Å². The third-order valence-electron chi connectivity index (χ3n) is 2.63. The fraction of sp³-hybridized carbons (Fsp3) is 0.267. The van der Waals surface area contributed by atoms with Crippen LogP contribution in [-0.2, 0) is 6.42 Å². The van der Waals surface area contributed by atoms with Crippen molar-refractivity contribution in [2.75, 3.05) is 0 Å². The van der Waals surface area contributed by atoms with Crippen molar-refractivity contribution in [3.63, 3.8) is 0 Å². The second-order valence-corrected chi connectivity index (χ2v) is 5.68. The van der Waals surface area contributed by atoms with Crippen molar-refractivity contribution in [1.82, 2.24) is 4.98 Å². The summed E-state index contributed by atoms with van der Waals surface area (Å²) in [6.07, 6.45) is 2.97. The molecule has 0 saturated carbocycles. The zero-order valence-electron chi connectivity index (χ0n) is 10.5. The number of rotatable bonds is 3. The first-order chi connectivity index (χ1) is 8.54. The maximum Gasteiger partial charge on any atom is 0.0703 e. The summed E-state index contributed by atoms with van der Waals surface area (Å²) in [6.45, 7) is 4.40. The van der Waals surface area contributed by atoms with E-state index in [4.69, 9.17) is 23.2 Å². The van der Waals surface area contributed by atoms with Gasteiger partial charge in [-0.05, 0) is 42.2 Å². The van der Waals surface area contributed by atoms with Crippen molar-refractivity contribution < 1.29 is 0 Å². The Morgan fingerprint density at radius 1 is 1.06 bits per heavy atom. The molecule has 2 aromatic rings. The predicted octanol–water partition coefficient (Wildman–Crippen LogP) is 5.25. The second-order valence-electron chi connectivity index (χ2n) is 4.81. The van der Waals surface area contributed by atoms with Gasteiger partial charge in [-0.3, -0.25) is 4.98 Å². The third kappa shape index (κ3) is 3.47. The molecule has 0 atom stereocenters. The molecule has 1 aromatic carbocycles. The van der Waals surface area contributed by atoms with Crippen molar-refractivity contribution in [2.24, 2.45) is 5.92 Å². The van der Waals surface area contributed by atoms with Crippen LogP contribution in [0.3, 0.4) is 0 Å². The first-order valence-corrected chi connectivity index (χ1v) is 6.71. The van der Waals surface area contributed by atoms with Crippen LogP contribution in [-0.4, -0.2) is 4.98 Å². The minimum Gasteiger partial charge on any atom is -0.256 e. The first-order valence-electron chi connectivity index (χ1n) is 5.96. The van der Waals surface area contributed by atoms with E-state index >= 15 is 0 Å². The van der Waals surface area contributed by atoms with Crippen molar-refractivity contribution >= 4 is 23.2 Å². The molecule has 0 aliphatic rings. The van der Waals surface area contributed by atoms with E-state index in [0.29, 0.717) is 16.0 Å². The normalized spacial score (nSPS) is 10.9. The third-order valence-corrected chi connectivity index (χ3v) is 3.06. The maximum atomic E-state index is 5.99. The standard InChI is InChI=1S/C15H15Cl2N/c1-10(2)5-11-3-4-15(18-9-11)12-6-13(16)8-14(17)7-12/h3-4,6-10H,5H2,1-2H3. The molecule has 0 radical (unpaired) electrons. The average molecular weight is 280 g/mol. The number of nitrogens with zero attached hydrogens (tertiary/aromatic N) is 1. The molecule has 3 heteroatoms. The Hall–Kier alpha value is -1.05. The highest BCUT2D eigenvalue weighted by molar-refractivity contribution is 6.35. The summed E-state index contributed by atoms with van der Waals surface area (Å²) in [4.78, 5) is 4.47. The van der Waals surface area contributed by atoms with Crippen LogP contribution in [0.25, 0.3) is 11.3 Å². The molecule has 0 aliphatic carbocycles. The van der Waals surface area contributed by atoms with E-state index in [1.807, 2.05) is 24.4 Å². The summed E-state index contributed by atoms with van der Waals surface area (Å²) < 4.78 is 0. The fourth-order valence-corrected chi connectivity index (χ4v) is 2.42. The van der Waals surface area contributed by atoms with Crippen molar-refractivity contribution in [2.45, 2.75) is 20.3 Å². The second kappa shape index (κ2) is 5.73. The van der Waals surface area contributed by atoms with Crippen molar-refractivity contribution in [3.8, 4) is 11.3 Å². The van der Waals surface area contributed by atoms with Gasteiger partial charge in [0.05, 0.1) is 5.69 Å². The van der Waals surface area contributed by atoms with Gasteiger partial charge in [-0.1, -0.05) is 43.1 Å². The van der Waals surface area contributed by atoms with E-state index < -0.39 is 0 Å². The number of halogens is 2. The number of pyridine rings is 1. The molecule has 94 valence electrons. The van der Waals surface area contributed by atoms with E-state index in [0.717, 1.165) is 17.7 Å². The number of hydrogen-bond donors (Lipinski definition) is 0. The Kier molecular flexibility index (Phi) is 4.26. The van der Waals surface area contributed by atoms with Crippen LogP contribution < -0.4 is 0 Å². The zero-order valence-corrected chi connectivity index (χ0v) is 12.0. The Morgan fingerprint density at radius 3 is 2.22 bits per heavy atom. The lowest BCUT2D eigenvalue weighted by molar-refractivity contribution is 0.646. The smallest absolute Gasteiger partial charge is 0.0703 e. The van der Waals surface area contributed by atoms with Crippen LogP contribution in [0.4, 0.5) is 0 Å². The highest BCUT2D eigenvalue weighted by Crippen LogP contribution is 2.26. The van der Waals surface area contributed by atoms with Gasteiger partial charge in [0.15, 0.2) is 0 Å². The van der Waals surface area contributed by atoms with Gasteiger partial charge in [0.25, 0.3) is 0 Å². The lowest BCUT2D eigenvalue weighted by Crippen LogP contribution is -1.95. The zero-order chi connectivity index (χ0) is 13.1. The molecule has 0 spiro atoms. The molecule has 0 saturated heterocycles. The summed E-state index contributed by atoms with van der Waals surface area (Å²) in [5.41, 5.74) is 3.09. The minimum atomic E-state index is 0.630. The topological polar surface area (TPSA) is 12.9 Å². The average Bonchev–Trinajstić information content (AvgIpc) is 2.27. The Labute approximate surface area is 118 Å². The molecular formula is C15H15Cl2N. The molecule has 1 nitrogen and oxygen atoms in total. The van der Waals surface area contributed by atoms with Gasteiger partial charge in [0, 0.05) is 21.8 Å². The van der Waals surface area contributed by atoms with Crippen LogP contribution in [0, 0.1) is 5.92 Å². The van der Waals surface area contributed by atoms with E-state index in [9.17, 15) is 0 Å². The molecule has 0 N–H and O–H groups in total. The molecule has 1 aromatic heterocycles. The van der Waals surface area contributed by atoms with Crippen molar-refractivity contribution in [1.29, 1.82) is 0 Å². The van der Waals surface area contributed by atoms with E-state index in [-0.39, 0.29) is 0 Å². The molecule has 0 amide bonds. The SMILES string of the molecule is CC(C)Cc1ccc(-c2cc(Cl)cc(Cl)c2)nc1. The summed E-state index contributed by atoms with van der Waals surface area (Å²) in [7, 11) is 0. The Bertz CT molecular complexity index is 512. The highest BCUT2D eigenvalue weighted by atomic mass is 35.5.